The Morgan fingerprint density at radius 2 is 1.73 bits per heavy atom. The summed E-state index contributed by atoms with van der Waals surface area (Å²) in [7, 11) is 0. The average Bonchev–Trinajstić information content (AvgIpc) is 3.07. The van der Waals surface area contributed by atoms with Crippen LogP contribution in [0, 0.1) is 11.3 Å². The van der Waals surface area contributed by atoms with E-state index < -0.39 is 17.4 Å². The maximum absolute atomic E-state index is 12.5. The standard InChI is InChI=1S/C17H26O5/c1-4-6-10-20-15(18)14-12-8-9-13(22-12)17(14,3)16(19)21-11-7-5-2/h8-9,12-14H,4-7,10-11H2,1-3H3. The number of unbranched alkanes of at least 4 members (excludes halogenated alkanes) is 2. The SMILES string of the molecule is CCCCOC(=O)C1C2C=CC(O2)C1(C)C(=O)OCCCC. The van der Waals surface area contributed by atoms with E-state index in [0.717, 1.165) is 25.7 Å². The number of carbonyl (C=O) groups is 2. The quantitative estimate of drug-likeness (QED) is 0.392. The summed E-state index contributed by atoms with van der Waals surface area (Å²) in [5.74, 6) is -1.34. The fourth-order valence-electron chi connectivity index (χ4n) is 3.01. The first-order valence-electron chi connectivity index (χ1n) is 8.23. The molecule has 0 spiro atoms. The predicted molar refractivity (Wildman–Crippen MR) is 81.1 cm³/mol. The minimum Gasteiger partial charge on any atom is -0.465 e. The van der Waals surface area contributed by atoms with E-state index in [9.17, 15) is 9.59 Å². The summed E-state index contributed by atoms with van der Waals surface area (Å²) < 4.78 is 16.4. The average molecular weight is 310 g/mol. The molecule has 124 valence electrons. The lowest BCUT2D eigenvalue weighted by atomic mass is 9.70. The second-order valence-electron chi connectivity index (χ2n) is 6.18. The molecule has 4 atom stereocenters. The van der Waals surface area contributed by atoms with Crippen molar-refractivity contribution in [1.29, 1.82) is 0 Å². The van der Waals surface area contributed by atoms with Crippen LogP contribution in [0.5, 0.6) is 0 Å². The molecular weight excluding hydrogens is 284 g/mol. The Bertz CT molecular complexity index is 444. The van der Waals surface area contributed by atoms with Gasteiger partial charge >= 0.3 is 11.9 Å². The van der Waals surface area contributed by atoms with E-state index in [1.54, 1.807) is 6.92 Å². The lowest BCUT2D eigenvalue weighted by molar-refractivity contribution is -0.167. The van der Waals surface area contributed by atoms with Gasteiger partial charge < -0.3 is 14.2 Å². The van der Waals surface area contributed by atoms with Gasteiger partial charge in [-0.1, -0.05) is 38.8 Å². The molecule has 0 aromatic carbocycles. The summed E-state index contributed by atoms with van der Waals surface area (Å²) in [5.41, 5.74) is -0.990. The van der Waals surface area contributed by atoms with Crippen molar-refractivity contribution in [2.75, 3.05) is 13.2 Å². The third-order valence-corrected chi connectivity index (χ3v) is 4.51. The van der Waals surface area contributed by atoms with Gasteiger partial charge in [0.2, 0.25) is 0 Å². The highest BCUT2D eigenvalue weighted by Gasteiger charge is 2.63. The van der Waals surface area contributed by atoms with Gasteiger partial charge in [-0.05, 0) is 19.8 Å². The zero-order valence-corrected chi connectivity index (χ0v) is 13.7. The van der Waals surface area contributed by atoms with Crippen LogP contribution in [0.2, 0.25) is 0 Å². The van der Waals surface area contributed by atoms with Crippen molar-refractivity contribution in [3.8, 4) is 0 Å². The molecule has 2 bridgehead atoms. The molecule has 5 heteroatoms. The van der Waals surface area contributed by atoms with Gasteiger partial charge in [0.1, 0.15) is 11.3 Å². The molecule has 0 aliphatic carbocycles. The van der Waals surface area contributed by atoms with Gasteiger partial charge in [-0.25, -0.2) is 0 Å². The molecule has 2 heterocycles. The molecule has 2 aliphatic heterocycles. The lowest BCUT2D eigenvalue weighted by Gasteiger charge is -2.32. The summed E-state index contributed by atoms with van der Waals surface area (Å²) in [6, 6.07) is 0. The number of carbonyl (C=O) groups excluding carboxylic acids is 2. The molecular formula is C17H26O5. The van der Waals surface area contributed by atoms with Gasteiger partial charge in [-0.3, -0.25) is 9.59 Å². The van der Waals surface area contributed by atoms with Crippen LogP contribution in [0.25, 0.3) is 0 Å². The fourth-order valence-corrected chi connectivity index (χ4v) is 3.01. The van der Waals surface area contributed by atoms with Crippen LogP contribution in [-0.4, -0.2) is 37.4 Å². The molecule has 2 rings (SSSR count). The summed E-state index contributed by atoms with van der Waals surface area (Å²) in [6.07, 6.45) is 6.45. The molecule has 0 amide bonds. The van der Waals surface area contributed by atoms with Crippen molar-refractivity contribution in [2.24, 2.45) is 11.3 Å². The maximum Gasteiger partial charge on any atom is 0.315 e. The largest absolute Gasteiger partial charge is 0.465 e. The van der Waals surface area contributed by atoms with Crippen LogP contribution in [0.1, 0.15) is 46.5 Å². The molecule has 1 saturated heterocycles. The van der Waals surface area contributed by atoms with Gasteiger partial charge in [0.25, 0.3) is 0 Å². The molecule has 0 saturated carbocycles. The Labute approximate surface area is 132 Å². The van der Waals surface area contributed by atoms with Crippen molar-refractivity contribution < 1.29 is 23.8 Å². The zero-order valence-electron chi connectivity index (χ0n) is 13.7. The van der Waals surface area contributed by atoms with Crippen LogP contribution in [0.15, 0.2) is 12.2 Å². The first kappa shape index (κ1) is 17.0. The van der Waals surface area contributed by atoms with Crippen LogP contribution >= 0.6 is 0 Å². The summed E-state index contributed by atoms with van der Waals surface area (Å²) in [6.45, 7) is 6.58. The van der Waals surface area contributed by atoms with Crippen molar-refractivity contribution in [3.05, 3.63) is 12.2 Å². The lowest BCUT2D eigenvalue weighted by Crippen LogP contribution is -2.47. The summed E-state index contributed by atoms with van der Waals surface area (Å²) in [4.78, 5) is 24.9. The number of esters is 2. The van der Waals surface area contributed by atoms with E-state index >= 15 is 0 Å². The monoisotopic (exact) mass is 310 g/mol. The molecule has 5 nitrogen and oxygen atoms in total. The Morgan fingerprint density at radius 1 is 1.09 bits per heavy atom. The third-order valence-electron chi connectivity index (χ3n) is 4.51. The van der Waals surface area contributed by atoms with E-state index in [2.05, 4.69) is 0 Å². The highest BCUT2D eigenvalue weighted by molar-refractivity contribution is 5.88. The van der Waals surface area contributed by atoms with Crippen LogP contribution in [-0.2, 0) is 23.8 Å². The molecule has 22 heavy (non-hydrogen) atoms. The van der Waals surface area contributed by atoms with Crippen molar-refractivity contribution >= 4 is 11.9 Å². The number of hydrogen-bond acceptors (Lipinski definition) is 5. The summed E-state index contributed by atoms with van der Waals surface area (Å²) >= 11 is 0. The second-order valence-corrected chi connectivity index (χ2v) is 6.18. The topological polar surface area (TPSA) is 61.8 Å². The third kappa shape index (κ3) is 3.05. The van der Waals surface area contributed by atoms with Gasteiger partial charge in [-0.15, -0.1) is 0 Å². The smallest absolute Gasteiger partial charge is 0.315 e. The predicted octanol–water partition coefficient (Wildman–Crippen LogP) is 2.63. The number of fused-ring (bicyclic) bond motifs is 2. The molecule has 0 aromatic heterocycles. The van der Waals surface area contributed by atoms with Gasteiger partial charge in [-0.2, -0.15) is 0 Å². The Morgan fingerprint density at radius 3 is 2.36 bits per heavy atom. The van der Waals surface area contributed by atoms with Gasteiger partial charge in [0, 0.05) is 0 Å². The van der Waals surface area contributed by atoms with Crippen molar-refractivity contribution in [1.82, 2.24) is 0 Å². The Hall–Kier alpha value is -1.36. The second kappa shape index (κ2) is 7.27. The number of ether oxygens (including phenoxy) is 3. The van der Waals surface area contributed by atoms with E-state index in [4.69, 9.17) is 14.2 Å². The molecule has 0 N–H and O–H groups in total. The Balaban J connectivity index is 2.07. The molecule has 0 radical (unpaired) electrons. The summed E-state index contributed by atoms with van der Waals surface area (Å²) in [5, 5.41) is 0. The van der Waals surface area contributed by atoms with Crippen LogP contribution < -0.4 is 0 Å². The van der Waals surface area contributed by atoms with E-state index in [1.807, 2.05) is 26.0 Å². The molecule has 1 fully saturated rings. The normalized spacial score (nSPS) is 32.2. The van der Waals surface area contributed by atoms with Crippen LogP contribution in [0.3, 0.4) is 0 Å². The van der Waals surface area contributed by atoms with Crippen molar-refractivity contribution in [2.45, 2.75) is 58.7 Å². The van der Waals surface area contributed by atoms with Gasteiger partial charge in [0.15, 0.2) is 0 Å². The minimum absolute atomic E-state index is 0.361. The maximum atomic E-state index is 12.5. The van der Waals surface area contributed by atoms with Crippen molar-refractivity contribution in [3.63, 3.8) is 0 Å². The first-order chi connectivity index (χ1) is 10.6. The zero-order chi connectivity index (χ0) is 16.2. The number of rotatable bonds is 8. The van der Waals surface area contributed by atoms with E-state index in [1.165, 1.54) is 0 Å². The van der Waals surface area contributed by atoms with E-state index in [0.29, 0.717) is 13.2 Å². The highest BCUT2D eigenvalue weighted by Crippen LogP contribution is 2.49. The number of hydrogen-bond donors (Lipinski definition) is 0. The minimum atomic E-state index is -0.990. The molecule has 0 aromatic rings. The molecule has 4 unspecified atom stereocenters. The molecule has 2 aliphatic rings. The fraction of sp³-hybridized carbons (Fsp3) is 0.765. The van der Waals surface area contributed by atoms with Gasteiger partial charge in [0.05, 0.1) is 25.4 Å². The first-order valence-corrected chi connectivity index (χ1v) is 8.23. The Kier molecular flexibility index (Phi) is 5.62. The van der Waals surface area contributed by atoms with E-state index in [-0.39, 0.29) is 18.0 Å². The highest BCUT2D eigenvalue weighted by atomic mass is 16.6. The van der Waals surface area contributed by atoms with Crippen LogP contribution in [0.4, 0.5) is 0 Å².